The van der Waals surface area contributed by atoms with Gasteiger partial charge in [-0.15, -0.1) is 0 Å². The second-order valence-electron chi connectivity index (χ2n) is 3.44. The lowest BCUT2D eigenvalue weighted by molar-refractivity contribution is -0.146. The summed E-state index contributed by atoms with van der Waals surface area (Å²) in [6.45, 7) is 0. The summed E-state index contributed by atoms with van der Waals surface area (Å²) < 4.78 is 38.1. The van der Waals surface area contributed by atoms with Crippen molar-refractivity contribution in [1.29, 1.82) is 0 Å². The lowest BCUT2D eigenvalue weighted by Gasteiger charge is -2.32. The molecule has 2 rings (SSSR count). The van der Waals surface area contributed by atoms with Crippen molar-refractivity contribution in [2.24, 2.45) is 0 Å². The predicted octanol–water partition coefficient (Wildman–Crippen LogP) is 1.60. The number of nitrogens with zero attached hydrogens (tertiary/aromatic N) is 2. The highest BCUT2D eigenvalue weighted by Crippen LogP contribution is 2.37. The molecule has 1 fully saturated rings. The van der Waals surface area contributed by atoms with Gasteiger partial charge >= 0.3 is 6.18 Å². The maximum absolute atomic E-state index is 12.4. The van der Waals surface area contributed by atoms with Gasteiger partial charge in [0.1, 0.15) is 5.69 Å². The Kier molecular flexibility index (Phi) is 2.02. The van der Waals surface area contributed by atoms with Crippen molar-refractivity contribution in [3.8, 4) is 0 Å². The van der Waals surface area contributed by atoms with Crippen LogP contribution >= 0.6 is 0 Å². The van der Waals surface area contributed by atoms with Gasteiger partial charge in [-0.25, -0.2) is 0 Å². The number of hydrogen-bond donors (Lipinski definition) is 1. The van der Waals surface area contributed by atoms with Crippen LogP contribution in [-0.2, 0) is 6.18 Å². The summed E-state index contributed by atoms with van der Waals surface area (Å²) >= 11 is 0. The molecule has 1 aromatic heterocycles. The van der Waals surface area contributed by atoms with Crippen molar-refractivity contribution in [2.45, 2.75) is 31.2 Å². The van der Waals surface area contributed by atoms with E-state index in [0.717, 1.165) is 16.9 Å². The van der Waals surface area contributed by atoms with E-state index >= 15 is 0 Å². The summed E-state index contributed by atoms with van der Waals surface area (Å²) in [5, 5.41) is 12.6. The van der Waals surface area contributed by atoms with Crippen LogP contribution in [0.4, 0.5) is 13.2 Å². The highest BCUT2D eigenvalue weighted by atomic mass is 19.4. The number of alkyl halides is 3. The van der Waals surface area contributed by atoms with E-state index in [0.29, 0.717) is 12.8 Å². The van der Waals surface area contributed by atoms with E-state index in [2.05, 4.69) is 5.10 Å². The first-order chi connectivity index (χ1) is 6.48. The quantitative estimate of drug-likeness (QED) is 0.757. The van der Waals surface area contributed by atoms with E-state index in [1.165, 1.54) is 0 Å². The molecule has 6 heteroatoms. The lowest BCUT2D eigenvalue weighted by Crippen LogP contribution is -2.33. The number of hydrogen-bond acceptors (Lipinski definition) is 2. The molecule has 0 unspecified atom stereocenters. The molecule has 14 heavy (non-hydrogen) atoms. The average Bonchev–Trinajstić information content (AvgIpc) is 2.44. The smallest absolute Gasteiger partial charge is 0.393 e. The van der Waals surface area contributed by atoms with E-state index in [9.17, 15) is 13.2 Å². The van der Waals surface area contributed by atoms with Gasteiger partial charge in [-0.2, -0.15) is 18.3 Å². The Balaban J connectivity index is 2.22. The monoisotopic (exact) mass is 206 g/mol. The zero-order valence-electron chi connectivity index (χ0n) is 7.20. The second-order valence-corrected chi connectivity index (χ2v) is 3.44. The summed E-state index contributed by atoms with van der Waals surface area (Å²) in [4.78, 5) is 0. The molecule has 1 N–H and O–H groups in total. The minimum absolute atomic E-state index is 0.309. The molecule has 3 nitrogen and oxygen atoms in total. The second kappa shape index (κ2) is 2.98. The Labute approximate surface area is 78.1 Å². The van der Waals surface area contributed by atoms with Crippen LogP contribution in [0.5, 0.6) is 0 Å². The SMILES string of the molecule is OC1CC(n2nccc2C(F)(F)F)C1. The molecule has 0 aliphatic heterocycles. The molecule has 0 aromatic carbocycles. The fourth-order valence-corrected chi connectivity index (χ4v) is 1.59. The van der Waals surface area contributed by atoms with Gasteiger partial charge in [-0.3, -0.25) is 4.68 Å². The molecule has 0 atom stereocenters. The largest absolute Gasteiger partial charge is 0.433 e. The zero-order valence-corrected chi connectivity index (χ0v) is 7.20. The Morgan fingerprint density at radius 1 is 1.43 bits per heavy atom. The van der Waals surface area contributed by atoms with E-state index in [1.54, 1.807) is 0 Å². The summed E-state index contributed by atoms with van der Waals surface area (Å²) in [6, 6.07) is 0.640. The number of aliphatic hydroxyl groups is 1. The van der Waals surface area contributed by atoms with Crippen molar-refractivity contribution in [2.75, 3.05) is 0 Å². The Bertz CT molecular complexity index is 328. The standard InChI is InChI=1S/C8H9F3N2O/c9-8(10,11)7-1-2-12-13(7)5-3-6(14)4-5/h1-2,5-6,14H,3-4H2. The molecule has 1 heterocycles. The van der Waals surface area contributed by atoms with Crippen molar-refractivity contribution in [1.82, 2.24) is 9.78 Å². The van der Waals surface area contributed by atoms with Crippen molar-refractivity contribution in [3.05, 3.63) is 18.0 Å². The topological polar surface area (TPSA) is 38.0 Å². The average molecular weight is 206 g/mol. The number of aliphatic hydroxyl groups excluding tert-OH is 1. The maximum Gasteiger partial charge on any atom is 0.433 e. The molecule has 1 aliphatic rings. The van der Waals surface area contributed by atoms with Gasteiger partial charge in [-0.1, -0.05) is 0 Å². The van der Waals surface area contributed by atoms with Crippen LogP contribution in [0.25, 0.3) is 0 Å². The van der Waals surface area contributed by atoms with Crippen molar-refractivity contribution in [3.63, 3.8) is 0 Å². The summed E-state index contributed by atoms with van der Waals surface area (Å²) in [5.74, 6) is 0. The molecule has 1 aliphatic carbocycles. The number of rotatable bonds is 1. The molecule has 0 amide bonds. The fraction of sp³-hybridized carbons (Fsp3) is 0.625. The third-order valence-corrected chi connectivity index (χ3v) is 2.39. The summed E-state index contributed by atoms with van der Waals surface area (Å²) in [6.07, 6.45) is -3.01. The van der Waals surface area contributed by atoms with Crippen LogP contribution in [0, 0.1) is 0 Å². The number of halogens is 3. The van der Waals surface area contributed by atoms with E-state index in [1.807, 2.05) is 0 Å². The molecule has 0 spiro atoms. The lowest BCUT2D eigenvalue weighted by atomic mass is 9.89. The van der Waals surface area contributed by atoms with Gasteiger partial charge in [0, 0.05) is 6.20 Å². The first-order valence-corrected chi connectivity index (χ1v) is 4.27. The highest BCUT2D eigenvalue weighted by molar-refractivity contribution is 5.07. The van der Waals surface area contributed by atoms with Crippen LogP contribution in [0.1, 0.15) is 24.6 Å². The zero-order chi connectivity index (χ0) is 10.3. The first-order valence-electron chi connectivity index (χ1n) is 4.27. The van der Waals surface area contributed by atoms with Crippen LogP contribution in [0.3, 0.4) is 0 Å². The minimum Gasteiger partial charge on any atom is -0.393 e. The van der Waals surface area contributed by atoms with Gasteiger partial charge in [0.05, 0.1) is 12.1 Å². The van der Waals surface area contributed by atoms with E-state index in [-0.39, 0.29) is 6.04 Å². The van der Waals surface area contributed by atoms with Gasteiger partial charge in [0.2, 0.25) is 0 Å². The Morgan fingerprint density at radius 2 is 2.07 bits per heavy atom. The van der Waals surface area contributed by atoms with Crippen LogP contribution in [0.2, 0.25) is 0 Å². The highest BCUT2D eigenvalue weighted by Gasteiger charge is 2.39. The van der Waals surface area contributed by atoms with Crippen LogP contribution in [0.15, 0.2) is 12.3 Å². The normalized spacial score (nSPS) is 27.4. The van der Waals surface area contributed by atoms with Crippen LogP contribution in [-0.4, -0.2) is 21.0 Å². The molecule has 0 radical (unpaired) electrons. The molecule has 78 valence electrons. The molecule has 1 aromatic rings. The Hall–Kier alpha value is -1.04. The summed E-state index contributed by atoms with van der Waals surface area (Å²) in [7, 11) is 0. The minimum atomic E-state index is -4.36. The molecule has 1 saturated carbocycles. The fourth-order valence-electron chi connectivity index (χ4n) is 1.59. The van der Waals surface area contributed by atoms with Crippen LogP contribution < -0.4 is 0 Å². The van der Waals surface area contributed by atoms with Gasteiger partial charge < -0.3 is 5.11 Å². The number of aromatic nitrogens is 2. The van der Waals surface area contributed by atoms with E-state index < -0.39 is 18.0 Å². The van der Waals surface area contributed by atoms with E-state index in [4.69, 9.17) is 5.11 Å². The third-order valence-electron chi connectivity index (χ3n) is 2.39. The third kappa shape index (κ3) is 1.50. The summed E-state index contributed by atoms with van der Waals surface area (Å²) in [5.41, 5.74) is -0.741. The Morgan fingerprint density at radius 3 is 2.57 bits per heavy atom. The molecular formula is C8H9F3N2O. The molecule has 0 saturated heterocycles. The van der Waals surface area contributed by atoms with Gasteiger partial charge in [0.15, 0.2) is 0 Å². The maximum atomic E-state index is 12.4. The van der Waals surface area contributed by atoms with Crippen molar-refractivity contribution < 1.29 is 18.3 Å². The molecule has 0 bridgehead atoms. The molecular weight excluding hydrogens is 197 g/mol. The predicted molar refractivity (Wildman–Crippen MR) is 41.5 cm³/mol. The van der Waals surface area contributed by atoms with Gasteiger partial charge in [-0.05, 0) is 18.9 Å². The van der Waals surface area contributed by atoms with Crippen molar-refractivity contribution >= 4 is 0 Å². The first kappa shape index (κ1) is 9.51. The van der Waals surface area contributed by atoms with Gasteiger partial charge in [0.25, 0.3) is 0 Å².